The molecule has 1 aliphatic rings. The second kappa shape index (κ2) is 6.35. The summed E-state index contributed by atoms with van der Waals surface area (Å²) < 4.78 is 15.9. The summed E-state index contributed by atoms with van der Waals surface area (Å²) in [6.45, 7) is 6.34. The Hall–Kier alpha value is -1.43. The highest BCUT2D eigenvalue weighted by molar-refractivity contribution is 5.80. The van der Waals surface area contributed by atoms with Crippen LogP contribution in [0.4, 0.5) is 0 Å². The lowest BCUT2D eigenvalue weighted by molar-refractivity contribution is -0.149. The quantitative estimate of drug-likeness (QED) is 0.769. The average molecular weight is 282 g/mol. The zero-order valence-electron chi connectivity index (χ0n) is 12.3. The predicted octanol–water partition coefficient (Wildman–Crippen LogP) is 2.02. The molecule has 6 nitrogen and oxygen atoms in total. The lowest BCUT2D eigenvalue weighted by atomic mass is 9.94. The van der Waals surface area contributed by atoms with E-state index >= 15 is 0 Å². The van der Waals surface area contributed by atoms with Crippen molar-refractivity contribution in [3.63, 3.8) is 0 Å². The molecule has 0 radical (unpaired) electrons. The number of hydrogen-bond acceptors (Lipinski definition) is 6. The Morgan fingerprint density at radius 2 is 2.25 bits per heavy atom. The highest BCUT2D eigenvalue weighted by Crippen LogP contribution is 2.24. The first-order valence-corrected chi connectivity index (χ1v) is 7.16. The third-order valence-corrected chi connectivity index (χ3v) is 3.47. The normalized spacial score (nSPS) is 19.9. The summed E-state index contributed by atoms with van der Waals surface area (Å²) in [5.41, 5.74) is -0.922. The third-order valence-electron chi connectivity index (χ3n) is 3.47. The molecule has 20 heavy (non-hydrogen) atoms. The van der Waals surface area contributed by atoms with Crippen molar-refractivity contribution in [3.05, 3.63) is 11.7 Å². The van der Waals surface area contributed by atoms with E-state index in [0.717, 1.165) is 19.4 Å². The van der Waals surface area contributed by atoms with Crippen LogP contribution in [0.1, 0.15) is 51.7 Å². The van der Waals surface area contributed by atoms with Crippen LogP contribution in [0, 0.1) is 0 Å². The summed E-state index contributed by atoms with van der Waals surface area (Å²) in [6.07, 6.45) is 4.08. The molecule has 6 heteroatoms. The molecule has 112 valence electrons. The number of nitrogens with zero attached hydrogens (tertiary/aromatic N) is 2. The zero-order chi connectivity index (χ0) is 14.6. The van der Waals surface area contributed by atoms with Gasteiger partial charge in [-0.3, -0.25) is 4.79 Å². The first-order valence-electron chi connectivity index (χ1n) is 7.16. The first-order chi connectivity index (χ1) is 9.54. The van der Waals surface area contributed by atoms with E-state index in [1.807, 2.05) is 0 Å². The summed E-state index contributed by atoms with van der Waals surface area (Å²) in [6, 6.07) is 0. The molecule has 1 aromatic rings. The molecule has 2 heterocycles. The number of hydrogen-bond donors (Lipinski definition) is 0. The van der Waals surface area contributed by atoms with Gasteiger partial charge in [0.15, 0.2) is 5.82 Å². The molecular weight excluding hydrogens is 260 g/mol. The van der Waals surface area contributed by atoms with E-state index in [2.05, 4.69) is 10.1 Å². The third kappa shape index (κ3) is 3.36. The maximum atomic E-state index is 11.9. The average Bonchev–Trinajstić information content (AvgIpc) is 2.89. The molecule has 0 aromatic carbocycles. The Bertz CT molecular complexity index is 450. The van der Waals surface area contributed by atoms with Gasteiger partial charge in [-0.1, -0.05) is 5.16 Å². The van der Waals surface area contributed by atoms with Crippen molar-refractivity contribution >= 4 is 5.97 Å². The molecule has 2 rings (SSSR count). The molecule has 1 atom stereocenters. The van der Waals surface area contributed by atoms with Gasteiger partial charge >= 0.3 is 5.97 Å². The number of carbonyl (C=O) groups is 1. The van der Waals surface area contributed by atoms with E-state index in [4.69, 9.17) is 14.0 Å². The monoisotopic (exact) mass is 282 g/mol. The Morgan fingerprint density at radius 1 is 1.45 bits per heavy atom. The van der Waals surface area contributed by atoms with Crippen LogP contribution in [-0.4, -0.2) is 35.4 Å². The summed E-state index contributed by atoms with van der Waals surface area (Å²) in [5, 5.41) is 3.95. The smallest absolute Gasteiger partial charge is 0.321 e. The predicted molar refractivity (Wildman–Crippen MR) is 71.3 cm³/mol. The molecule has 1 saturated heterocycles. The SMILES string of the molecule is CCOC(=O)C(C)(C)c1nc(CC2CCCCO2)no1. The topological polar surface area (TPSA) is 74.5 Å². The van der Waals surface area contributed by atoms with Gasteiger partial charge in [-0.2, -0.15) is 4.98 Å². The summed E-state index contributed by atoms with van der Waals surface area (Å²) >= 11 is 0. The van der Waals surface area contributed by atoms with Gasteiger partial charge in [0.2, 0.25) is 5.89 Å². The molecular formula is C14H22N2O4. The minimum atomic E-state index is -0.922. The van der Waals surface area contributed by atoms with Crippen LogP contribution in [0.2, 0.25) is 0 Å². The minimum absolute atomic E-state index is 0.153. The van der Waals surface area contributed by atoms with E-state index in [1.165, 1.54) is 6.42 Å². The number of aromatic nitrogens is 2. The Balaban J connectivity index is 2.02. The van der Waals surface area contributed by atoms with Crippen molar-refractivity contribution < 1.29 is 18.8 Å². The second-order valence-electron chi connectivity index (χ2n) is 5.55. The fraction of sp³-hybridized carbons (Fsp3) is 0.786. The van der Waals surface area contributed by atoms with Crippen LogP contribution < -0.4 is 0 Å². The molecule has 0 spiro atoms. The molecule has 1 unspecified atom stereocenters. The second-order valence-corrected chi connectivity index (χ2v) is 5.55. The largest absolute Gasteiger partial charge is 0.465 e. The number of carbonyl (C=O) groups excluding carboxylic acids is 1. The number of ether oxygens (including phenoxy) is 2. The highest BCUT2D eigenvalue weighted by Gasteiger charge is 2.37. The van der Waals surface area contributed by atoms with Crippen molar-refractivity contribution in [1.29, 1.82) is 0 Å². The molecule has 0 saturated carbocycles. The lowest BCUT2D eigenvalue weighted by Gasteiger charge is -2.21. The maximum Gasteiger partial charge on any atom is 0.321 e. The molecule has 0 bridgehead atoms. The van der Waals surface area contributed by atoms with Crippen molar-refractivity contribution in [1.82, 2.24) is 10.1 Å². The highest BCUT2D eigenvalue weighted by atomic mass is 16.5. The van der Waals surface area contributed by atoms with Gasteiger partial charge in [0, 0.05) is 13.0 Å². The van der Waals surface area contributed by atoms with Gasteiger partial charge < -0.3 is 14.0 Å². The van der Waals surface area contributed by atoms with Crippen LogP contribution in [-0.2, 0) is 26.1 Å². The number of rotatable bonds is 5. The van der Waals surface area contributed by atoms with Crippen molar-refractivity contribution in [2.75, 3.05) is 13.2 Å². The van der Waals surface area contributed by atoms with Gasteiger partial charge in [-0.05, 0) is 40.0 Å². The summed E-state index contributed by atoms with van der Waals surface area (Å²) in [5.74, 6) is 0.523. The molecule has 0 amide bonds. The molecule has 1 aliphatic heterocycles. The first kappa shape index (κ1) is 15.0. The Morgan fingerprint density at radius 3 is 2.90 bits per heavy atom. The zero-order valence-corrected chi connectivity index (χ0v) is 12.3. The molecule has 0 aliphatic carbocycles. The van der Waals surface area contributed by atoms with Gasteiger partial charge in [-0.25, -0.2) is 0 Å². The van der Waals surface area contributed by atoms with Gasteiger partial charge in [0.05, 0.1) is 12.7 Å². The lowest BCUT2D eigenvalue weighted by Crippen LogP contribution is -2.31. The van der Waals surface area contributed by atoms with Crippen LogP contribution in [0.15, 0.2) is 4.52 Å². The Kier molecular flexibility index (Phi) is 4.75. The van der Waals surface area contributed by atoms with Crippen molar-refractivity contribution in [3.8, 4) is 0 Å². The van der Waals surface area contributed by atoms with Crippen LogP contribution in [0.3, 0.4) is 0 Å². The standard InChI is InChI=1S/C14H22N2O4/c1-4-18-13(17)14(2,3)12-15-11(16-20-12)9-10-7-5-6-8-19-10/h10H,4-9H2,1-3H3. The van der Waals surface area contributed by atoms with Crippen LogP contribution >= 0.6 is 0 Å². The van der Waals surface area contributed by atoms with Crippen molar-refractivity contribution in [2.45, 2.75) is 58.0 Å². The van der Waals surface area contributed by atoms with E-state index in [0.29, 0.717) is 24.7 Å². The van der Waals surface area contributed by atoms with Gasteiger partial charge in [0.25, 0.3) is 0 Å². The van der Waals surface area contributed by atoms with Gasteiger partial charge in [-0.15, -0.1) is 0 Å². The summed E-state index contributed by atoms with van der Waals surface area (Å²) in [4.78, 5) is 16.2. The summed E-state index contributed by atoms with van der Waals surface area (Å²) in [7, 11) is 0. The Labute approximate surface area is 118 Å². The van der Waals surface area contributed by atoms with Crippen molar-refractivity contribution in [2.24, 2.45) is 0 Å². The number of esters is 1. The van der Waals surface area contributed by atoms with E-state index in [1.54, 1.807) is 20.8 Å². The molecule has 0 N–H and O–H groups in total. The van der Waals surface area contributed by atoms with E-state index in [-0.39, 0.29) is 12.1 Å². The maximum absolute atomic E-state index is 11.9. The molecule has 1 fully saturated rings. The fourth-order valence-electron chi connectivity index (χ4n) is 2.16. The van der Waals surface area contributed by atoms with E-state index < -0.39 is 5.41 Å². The fourth-order valence-corrected chi connectivity index (χ4v) is 2.16. The van der Waals surface area contributed by atoms with Crippen LogP contribution in [0.5, 0.6) is 0 Å². The van der Waals surface area contributed by atoms with Crippen LogP contribution in [0.25, 0.3) is 0 Å². The van der Waals surface area contributed by atoms with Gasteiger partial charge in [0.1, 0.15) is 5.41 Å². The van der Waals surface area contributed by atoms with E-state index in [9.17, 15) is 4.79 Å². The molecule has 1 aromatic heterocycles. The minimum Gasteiger partial charge on any atom is -0.465 e.